The van der Waals surface area contributed by atoms with Crippen LogP contribution in [0.5, 0.6) is 0 Å². The van der Waals surface area contributed by atoms with E-state index in [2.05, 4.69) is 15.6 Å². The lowest BCUT2D eigenvalue weighted by Gasteiger charge is -2.13. The van der Waals surface area contributed by atoms with Crippen molar-refractivity contribution in [1.82, 2.24) is 15.6 Å². The second-order valence-electron chi connectivity index (χ2n) is 5.26. The molecule has 1 aromatic heterocycles. The molecular weight excluding hydrogens is 274 g/mol. The summed E-state index contributed by atoms with van der Waals surface area (Å²) in [6.07, 6.45) is 3.13. The SMILES string of the molecule is Cc1cnc(C(C)NC(=O)NCCC(C)CCC(=O)O)o1. The molecule has 7 nitrogen and oxygen atoms in total. The molecule has 0 saturated heterocycles. The van der Waals surface area contributed by atoms with E-state index in [0.29, 0.717) is 24.6 Å². The molecule has 2 atom stereocenters. The number of aryl methyl sites for hydroxylation is 1. The van der Waals surface area contributed by atoms with E-state index in [9.17, 15) is 9.59 Å². The van der Waals surface area contributed by atoms with Gasteiger partial charge < -0.3 is 20.2 Å². The van der Waals surface area contributed by atoms with Crippen molar-refractivity contribution in [3.05, 3.63) is 17.8 Å². The van der Waals surface area contributed by atoms with E-state index in [1.807, 2.05) is 6.92 Å². The molecule has 1 aromatic rings. The summed E-state index contributed by atoms with van der Waals surface area (Å²) in [5, 5.41) is 14.1. The summed E-state index contributed by atoms with van der Waals surface area (Å²) in [5.41, 5.74) is 0. The highest BCUT2D eigenvalue weighted by molar-refractivity contribution is 5.74. The highest BCUT2D eigenvalue weighted by Gasteiger charge is 2.14. The standard InChI is InChI=1S/C14H23N3O4/c1-9(4-5-12(18)19)6-7-15-14(20)17-11(3)13-16-8-10(2)21-13/h8-9,11H,4-7H2,1-3H3,(H,18,19)(H2,15,17,20). The minimum Gasteiger partial charge on any atom is -0.481 e. The zero-order valence-electron chi connectivity index (χ0n) is 12.7. The number of nitrogens with zero attached hydrogens (tertiary/aromatic N) is 1. The molecule has 0 saturated carbocycles. The Bertz CT molecular complexity index is 473. The summed E-state index contributed by atoms with van der Waals surface area (Å²) in [4.78, 5) is 26.2. The van der Waals surface area contributed by atoms with Gasteiger partial charge in [0.1, 0.15) is 11.8 Å². The van der Waals surface area contributed by atoms with Crippen LogP contribution in [-0.4, -0.2) is 28.6 Å². The van der Waals surface area contributed by atoms with Crippen LogP contribution < -0.4 is 10.6 Å². The Morgan fingerprint density at radius 3 is 2.67 bits per heavy atom. The maximum absolute atomic E-state index is 11.7. The van der Waals surface area contributed by atoms with Crippen LogP contribution in [0.25, 0.3) is 0 Å². The number of aromatic nitrogens is 1. The number of carbonyl (C=O) groups excluding carboxylic acids is 1. The Hall–Kier alpha value is -2.05. The lowest BCUT2D eigenvalue weighted by molar-refractivity contribution is -0.137. The van der Waals surface area contributed by atoms with E-state index in [0.717, 1.165) is 6.42 Å². The average Bonchev–Trinajstić information content (AvgIpc) is 2.83. The molecule has 2 amide bonds. The number of nitrogens with one attached hydrogen (secondary N) is 2. The van der Waals surface area contributed by atoms with Crippen LogP contribution in [0.2, 0.25) is 0 Å². The van der Waals surface area contributed by atoms with Gasteiger partial charge in [-0.2, -0.15) is 0 Å². The molecule has 0 aliphatic rings. The van der Waals surface area contributed by atoms with Crippen molar-refractivity contribution in [2.75, 3.05) is 6.54 Å². The third-order valence-electron chi connectivity index (χ3n) is 3.13. The zero-order chi connectivity index (χ0) is 15.8. The number of urea groups is 1. The smallest absolute Gasteiger partial charge is 0.315 e. The molecule has 21 heavy (non-hydrogen) atoms. The van der Waals surface area contributed by atoms with Crippen LogP contribution in [0.4, 0.5) is 4.79 Å². The first kappa shape index (κ1) is 17.0. The van der Waals surface area contributed by atoms with Gasteiger partial charge >= 0.3 is 12.0 Å². The van der Waals surface area contributed by atoms with Gasteiger partial charge in [-0.25, -0.2) is 9.78 Å². The van der Waals surface area contributed by atoms with Crippen molar-refractivity contribution in [1.29, 1.82) is 0 Å². The van der Waals surface area contributed by atoms with Gasteiger partial charge in [-0.3, -0.25) is 4.79 Å². The van der Waals surface area contributed by atoms with Gasteiger partial charge in [-0.15, -0.1) is 0 Å². The first-order chi connectivity index (χ1) is 9.88. The Morgan fingerprint density at radius 1 is 1.38 bits per heavy atom. The van der Waals surface area contributed by atoms with Crippen LogP contribution >= 0.6 is 0 Å². The zero-order valence-corrected chi connectivity index (χ0v) is 12.7. The second-order valence-corrected chi connectivity index (χ2v) is 5.26. The fourth-order valence-corrected chi connectivity index (χ4v) is 1.83. The Labute approximate surface area is 124 Å². The predicted octanol–water partition coefficient (Wildman–Crippen LogP) is 2.23. The highest BCUT2D eigenvalue weighted by Crippen LogP contribution is 2.12. The number of aliphatic carboxylic acids is 1. The molecule has 0 bridgehead atoms. The van der Waals surface area contributed by atoms with Crippen molar-refractivity contribution in [2.24, 2.45) is 5.92 Å². The van der Waals surface area contributed by atoms with E-state index < -0.39 is 5.97 Å². The number of oxazole rings is 1. The Morgan fingerprint density at radius 2 is 2.10 bits per heavy atom. The number of carboxylic acids is 1. The maximum Gasteiger partial charge on any atom is 0.315 e. The van der Waals surface area contributed by atoms with Crippen LogP contribution in [0.3, 0.4) is 0 Å². The normalized spacial score (nSPS) is 13.5. The molecule has 0 aromatic carbocycles. The minimum atomic E-state index is -0.789. The van der Waals surface area contributed by atoms with E-state index in [-0.39, 0.29) is 24.4 Å². The third kappa shape index (κ3) is 6.78. The van der Waals surface area contributed by atoms with E-state index in [1.165, 1.54) is 0 Å². The molecule has 0 spiro atoms. The molecular formula is C14H23N3O4. The first-order valence-electron chi connectivity index (χ1n) is 7.07. The van der Waals surface area contributed by atoms with Crippen molar-refractivity contribution < 1.29 is 19.1 Å². The molecule has 0 aliphatic carbocycles. The molecule has 0 aliphatic heterocycles. The molecule has 3 N–H and O–H groups in total. The number of rotatable bonds is 8. The fraction of sp³-hybridized carbons (Fsp3) is 0.643. The van der Waals surface area contributed by atoms with Gasteiger partial charge in [-0.05, 0) is 32.6 Å². The minimum absolute atomic E-state index is 0.161. The number of hydrogen-bond donors (Lipinski definition) is 3. The lowest BCUT2D eigenvalue weighted by atomic mass is 10.0. The summed E-state index contributed by atoms with van der Waals surface area (Å²) in [6.45, 7) is 6.06. The van der Waals surface area contributed by atoms with Crippen LogP contribution in [0, 0.1) is 12.8 Å². The molecule has 118 valence electrons. The highest BCUT2D eigenvalue weighted by atomic mass is 16.4. The summed E-state index contributed by atoms with van der Waals surface area (Å²) < 4.78 is 5.33. The predicted molar refractivity (Wildman–Crippen MR) is 76.8 cm³/mol. The van der Waals surface area contributed by atoms with Crippen molar-refractivity contribution >= 4 is 12.0 Å². The van der Waals surface area contributed by atoms with E-state index in [4.69, 9.17) is 9.52 Å². The maximum atomic E-state index is 11.7. The number of amides is 2. The Kier molecular flexibility index (Phi) is 6.71. The first-order valence-corrected chi connectivity index (χ1v) is 7.07. The van der Waals surface area contributed by atoms with E-state index >= 15 is 0 Å². The molecule has 7 heteroatoms. The number of carbonyl (C=O) groups is 2. The van der Waals surface area contributed by atoms with Gasteiger partial charge in [0.25, 0.3) is 0 Å². The van der Waals surface area contributed by atoms with Crippen molar-refractivity contribution in [3.8, 4) is 0 Å². The second kappa shape index (κ2) is 8.28. The Balaban J connectivity index is 2.20. The number of carboxylic acid groups (broad SMARTS) is 1. The van der Waals surface area contributed by atoms with Crippen molar-refractivity contribution in [3.63, 3.8) is 0 Å². The topological polar surface area (TPSA) is 104 Å². The quantitative estimate of drug-likeness (QED) is 0.682. The largest absolute Gasteiger partial charge is 0.481 e. The third-order valence-corrected chi connectivity index (χ3v) is 3.13. The molecule has 0 radical (unpaired) electrons. The van der Waals surface area contributed by atoms with Gasteiger partial charge in [0.15, 0.2) is 0 Å². The number of hydrogen-bond acceptors (Lipinski definition) is 4. The van der Waals surface area contributed by atoms with Crippen molar-refractivity contribution in [2.45, 2.75) is 46.1 Å². The molecule has 2 unspecified atom stereocenters. The summed E-state index contributed by atoms with van der Waals surface area (Å²) in [6, 6.07) is -0.591. The van der Waals surface area contributed by atoms with Gasteiger partial charge in [0, 0.05) is 13.0 Å². The van der Waals surface area contributed by atoms with Crippen LogP contribution in [-0.2, 0) is 4.79 Å². The average molecular weight is 297 g/mol. The van der Waals surface area contributed by atoms with Crippen LogP contribution in [0.15, 0.2) is 10.6 Å². The summed E-state index contributed by atoms with van der Waals surface area (Å²) >= 11 is 0. The molecule has 1 heterocycles. The monoisotopic (exact) mass is 297 g/mol. The van der Waals surface area contributed by atoms with Crippen LogP contribution in [0.1, 0.15) is 50.8 Å². The lowest BCUT2D eigenvalue weighted by Crippen LogP contribution is -2.38. The summed E-state index contributed by atoms with van der Waals surface area (Å²) in [7, 11) is 0. The molecule has 1 rings (SSSR count). The van der Waals surface area contributed by atoms with Gasteiger partial charge in [0.2, 0.25) is 5.89 Å². The van der Waals surface area contributed by atoms with Gasteiger partial charge in [-0.1, -0.05) is 6.92 Å². The van der Waals surface area contributed by atoms with E-state index in [1.54, 1.807) is 20.0 Å². The summed E-state index contributed by atoms with van der Waals surface area (Å²) in [5.74, 6) is 0.639. The van der Waals surface area contributed by atoms with Gasteiger partial charge in [0.05, 0.1) is 6.20 Å². The molecule has 0 fully saturated rings. The fourth-order valence-electron chi connectivity index (χ4n) is 1.83.